The van der Waals surface area contributed by atoms with Crippen LogP contribution in [-0.4, -0.2) is 68.5 Å². The lowest BCUT2D eigenvalue weighted by atomic mass is 10.1. The number of nitrogens with one attached hydrogen (secondary N) is 1. The summed E-state index contributed by atoms with van der Waals surface area (Å²) in [6.07, 6.45) is 68.3. The van der Waals surface area contributed by atoms with Crippen molar-refractivity contribution >= 4 is 13.7 Å². The van der Waals surface area contributed by atoms with E-state index in [1.54, 1.807) is 6.08 Å². The molecule has 0 rings (SSSR count). The van der Waals surface area contributed by atoms with Crippen molar-refractivity contribution in [3.05, 3.63) is 122 Å². The zero-order valence-electron chi connectivity index (χ0n) is 41.9. The van der Waals surface area contributed by atoms with E-state index in [-0.39, 0.29) is 12.5 Å². The van der Waals surface area contributed by atoms with Gasteiger partial charge in [0.15, 0.2) is 0 Å². The minimum Gasteiger partial charge on any atom is -0.756 e. The predicted molar refractivity (Wildman–Crippen MR) is 279 cm³/mol. The van der Waals surface area contributed by atoms with Crippen molar-refractivity contribution in [1.82, 2.24) is 5.32 Å². The Morgan fingerprint density at radius 3 is 1.43 bits per heavy atom. The Hall–Kier alpha value is -3.10. The van der Waals surface area contributed by atoms with Crippen LogP contribution < -0.4 is 10.2 Å². The van der Waals surface area contributed by atoms with Gasteiger partial charge in [-0.1, -0.05) is 187 Å². The van der Waals surface area contributed by atoms with Crippen LogP contribution in [0, 0.1) is 0 Å². The fourth-order valence-corrected chi connectivity index (χ4v) is 7.12. The second-order valence-electron chi connectivity index (χ2n) is 17.8. The molecule has 0 fully saturated rings. The topological polar surface area (TPSA) is 108 Å². The minimum atomic E-state index is -4.61. The third-order valence-corrected chi connectivity index (χ3v) is 11.3. The number of hydrogen-bond acceptors (Lipinski definition) is 6. The molecule has 0 aliphatic rings. The van der Waals surface area contributed by atoms with Crippen molar-refractivity contribution in [3.63, 3.8) is 0 Å². The van der Waals surface area contributed by atoms with E-state index in [1.165, 1.54) is 44.9 Å². The highest BCUT2D eigenvalue weighted by molar-refractivity contribution is 7.45. The standard InChI is InChI=1S/C56H95N2O6P/c1-6-8-10-12-14-16-18-20-22-23-24-25-26-27-28-29-30-31-32-33-34-35-36-38-40-42-44-46-48-50-56(60)57-54(53-64-65(61,62)63-52-51-58(3,4)5)55(59)49-47-45-43-41-39-37-21-19-17-15-13-11-9-7-2/h8,10,14,16-17,19-20,22,24-25,27-28,30-31,33-34,39,41,47,49,54-55,59H,6-7,9,11-13,15,18,21,23,26,29,32,35-38,40,42-46,48,50-53H2,1-5H3,(H-,57,60,61,62)/b10-8-,16-14-,19-17+,22-20-,25-24-,28-27-,31-30-,34-33-,41-39+,49-47+. The Morgan fingerprint density at radius 1 is 0.554 bits per heavy atom. The number of aliphatic hydroxyl groups excluding tert-OH is 1. The van der Waals surface area contributed by atoms with Crippen LogP contribution >= 0.6 is 7.82 Å². The molecule has 2 N–H and O–H groups in total. The van der Waals surface area contributed by atoms with Crippen LogP contribution in [0.25, 0.3) is 0 Å². The Bertz CT molecular complexity index is 1460. The predicted octanol–water partition coefficient (Wildman–Crippen LogP) is 14.4. The normalized spacial score (nSPS) is 15.1. The van der Waals surface area contributed by atoms with Gasteiger partial charge in [-0.15, -0.1) is 0 Å². The fourth-order valence-electron chi connectivity index (χ4n) is 6.40. The summed E-state index contributed by atoms with van der Waals surface area (Å²) in [5.41, 5.74) is 0. The molecule has 1 amide bonds. The smallest absolute Gasteiger partial charge is 0.268 e. The van der Waals surface area contributed by atoms with Crippen LogP contribution in [0.15, 0.2) is 122 Å². The Labute approximate surface area is 399 Å². The number of likely N-dealkylation sites (N-methyl/N-ethyl adjacent to an activating group) is 1. The number of phosphoric ester groups is 1. The molecular weight excluding hydrogens is 828 g/mol. The molecule has 0 aromatic carbocycles. The average molecular weight is 923 g/mol. The molecule has 9 heteroatoms. The van der Waals surface area contributed by atoms with E-state index in [9.17, 15) is 19.4 Å². The number of quaternary nitrogens is 1. The average Bonchev–Trinajstić information content (AvgIpc) is 3.26. The highest BCUT2D eigenvalue weighted by atomic mass is 31.2. The molecule has 0 aliphatic carbocycles. The number of allylic oxidation sites excluding steroid dienone is 19. The molecule has 0 aromatic rings. The first-order valence-electron chi connectivity index (χ1n) is 25.4. The maximum absolute atomic E-state index is 12.9. The van der Waals surface area contributed by atoms with Gasteiger partial charge in [-0.3, -0.25) is 9.36 Å². The van der Waals surface area contributed by atoms with Crippen molar-refractivity contribution in [2.75, 3.05) is 40.9 Å². The van der Waals surface area contributed by atoms with Crippen molar-refractivity contribution < 1.29 is 32.9 Å². The van der Waals surface area contributed by atoms with Gasteiger partial charge < -0.3 is 28.8 Å². The third kappa shape index (κ3) is 48.6. The van der Waals surface area contributed by atoms with Gasteiger partial charge in [0.2, 0.25) is 5.91 Å². The SMILES string of the molecule is CC/C=C\C/C=C\C/C=C\C/C=C\C/C=C\C/C=C\C/C=C\CCCCCCCCCC(=O)NC(COP(=O)([O-])OCC[N+](C)(C)C)C(O)/C=C/CC/C=C/CC/C=C/CCCCCC. The van der Waals surface area contributed by atoms with Crippen LogP contribution in [0.4, 0.5) is 0 Å². The molecule has 0 heterocycles. The van der Waals surface area contributed by atoms with Gasteiger partial charge >= 0.3 is 0 Å². The van der Waals surface area contributed by atoms with Gasteiger partial charge in [-0.05, 0) is 103 Å². The van der Waals surface area contributed by atoms with Crippen molar-refractivity contribution in [2.45, 2.75) is 187 Å². The highest BCUT2D eigenvalue weighted by Crippen LogP contribution is 2.38. The number of carbonyl (C=O) groups is 1. The van der Waals surface area contributed by atoms with E-state index >= 15 is 0 Å². The van der Waals surface area contributed by atoms with E-state index in [1.807, 2.05) is 27.2 Å². The second-order valence-corrected chi connectivity index (χ2v) is 19.2. The second kappa shape index (κ2) is 46.0. The molecule has 0 radical (unpaired) electrons. The van der Waals surface area contributed by atoms with E-state index in [0.29, 0.717) is 17.4 Å². The fraction of sp³-hybridized carbons (Fsp3) is 0.625. The van der Waals surface area contributed by atoms with Crippen molar-refractivity contribution in [3.8, 4) is 0 Å². The first-order chi connectivity index (χ1) is 31.5. The zero-order chi connectivity index (χ0) is 47.8. The summed E-state index contributed by atoms with van der Waals surface area (Å²) in [6.45, 7) is 4.44. The molecule has 0 aromatic heterocycles. The summed E-state index contributed by atoms with van der Waals surface area (Å²) < 4.78 is 23.2. The molecular formula is C56H95N2O6P. The maximum Gasteiger partial charge on any atom is 0.268 e. The van der Waals surface area contributed by atoms with Gasteiger partial charge in [0.25, 0.3) is 7.82 Å². The van der Waals surface area contributed by atoms with E-state index in [2.05, 4.69) is 129 Å². The van der Waals surface area contributed by atoms with Gasteiger partial charge in [-0.2, -0.15) is 0 Å². The quantitative estimate of drug-likeness (QED) is 0.0273. The Morgan fingerprint density at radius 2 is 0.954 bits per heavy atom. The summed E-state index contributed by atoms with van der Waals surface area (Å²) in [5, 5.41) is 13.8. The molecule has 3 unspecified atom stereocenters. The summed E-state index contributed by atoms with van der Waals surface area (Å²) in [5.74, 6) is -0.230. The molecule has 0 saturated heterocycles. The maximum atomic E-state index is 12.9. The largest absolute Gasteiger partial charge is 0.756 e. The molecule has 8 nitrogen and oxygen atoms in total. The van der Waals surface area contributed by atoms with Crippen LogP contribution in [0.2, 0.25) is 0 Å². The van der Waals surface area contributed by atoms with E-state index < -0.39 is 26.6 Å². The molecule has 0 bridgehead atoms. The lowest BCUT2D eigenvalue weighted by Crippen LogP contribution is -2.45. The van der Waals surface area contributed by atoms with Gasteiger partial charge in [0, 0.05) is 6.42 Å². The molecule has 370 valence electrons. The Balaban J connectivity index is 4.34. The Kier molecular flexibility index (Phi) is 43.8. The van der Waals surface area contributed by atoms with Crippen LogP contribution in [0.3, 0.4) is 0 Å². The molecule has 0 aliphatic heterocycles. The van der Waals surface area contributed by atoms with E-state index in [4.69, 9.17) is 9.05 Å². The number of amides is 1. The summed E-state index contributed by atoms with van der Waals surface area (Å²) in [6, 6.07) is -0.924. The van der Waals surface area contributed by atoms with Crippen molar-refractivity contribution in [2.24, 2.45) is 0 Å². The highest BCUT2D eigenvalue weighted by Gasteiger charge is 2.23. The summed E-state index contributed by atoms with van der Waals surface area (Å²) in [4.78, 5) is 25.4. The summed E-state index contributed by atoms with van der Waals surface area (Å²) in [7, 11) is 1.20. The lowest BCUT2D eigenvalue weighted by molar-refractivity contribution is -0.870. The first-order valence-corrected chi connectivity index (χ1v) is 26.9. The lowest BCUT2D eigenvalue weighted by Gasteiger charge is -2.29. The van der Waals surface area contributed by atoms with Gasteiger partial charge in [-0.25, -0.2) is 0 Å². The monoisotopic (exact) mass is 923 g/mol. The van der Waals surface area contributed by atoms with Gasteiger partial charge in [0.05, 0.1) is 39.9 Å². The molecule has 3 atom stereocenters. The number of unbranched alkanes of at least 4 members (excludes halogenated alkanes) is 13. The number of rotatable bonds is 44. The zero-order valence-corrected chi connectivity index (χ0v) is 42.8. The van der Waals surface area contributed by atoms with Crippen LogP contribution in [0.1, 0.15) is 174 Å². The first kappa shape index (κ1) is 61.9. The van der Waals surface area contributed by atoms with Crippen LogP contribution in [0.5, 0.6) is 0 Å². The molecule has 0 spiro atoms. The number of nitrogens with zero attached hydrogens (tertiary/aromatic N) is 1. The van der Waals surface area contributed by atoms with E-state index in [0.717, 1.165) is 109 Å². The third-order valence-electron chi connectivity index (χ3n) is 10.4. The van der Waals surface area contributed by atoms with Gasteiger partial charge in [0.1, 0.15) is 13.2 Å². The number of aliphatic hydroxyl groups is 1. The summed E-state index contributed by atoms with van der Waals surface area (Å²) >= 11 is 0. The van der Waals surface area contributed by atoms with Crippen LogP contribution in [-0.2, 0) is 18.4 Å². The molecule has 65 heavy (non-hydrogen) atoms. The number of carbonyl (C=O) groups excluding carboxylic acids is 1. The molecule has 0 saturated carbocycles. The number of phosphoric acid groups is 1. The minimum absolute atomic E-state index is 0.0185. The van der Waals surface area contributed by atoms with Crippen molar-refractivity contribution in [1.29, 1.82) is 0 Å². The number of hydrogen-bond donors (Lipinski definition) is 2.